The van der Waals surface area contributed by atoms with Crippen LogP contribution in [0.2, 0.25) is 0 Å². The van der Waals surface area contributed by atoms with Gasteiger partial charge < -0.3 is 9.88 Å². The smallest absolute Gasteiger partial charge is 0.255 e. The van der Waals surface area contributed by atoms with E-state index in [2.05, 4.69) is 13.7 Å². The van der Waals surface area contributed by atoms with Crippen LogP contribution in [0.25, 0.3) is 11.0 Å². The Bertz CT molecular complexity index is 704. The molecule has 2 aromatic heterocycles. The van der Waals surface area contributed by atoms with Gasteiger partial charge in [-0.1, -0.05) is 6.07 Å². The van der Waals surface area contributed by atoms with Crippen LogP contribution in [-0.4, -0.2) is 31.6 Å². The van der Waals surface area contributed by atoms with Crippen molar-refractivity contribution in [2.24, 2.45) is 0 Å². The van der Waals surface area contributed by atoms with Crippen molar-refractivity contribution in [1.29, 1.82) is 0 Å². The zero-order valence-electron chi connectivity index (χ0n) is 10.3. The van der Waals surface area contributed by atoms with Gasteiger partial charge in [-0.25, -0.2) is 0 Å². The van der Waals surface area contributed by atoms with Crippen LogP contribution in [0.4, 0.5) is 0 Å². The number of rotatable bonds is 3. The summed E-state index contributed by atoms with van der Waals surface area (Å²) in [6, 6.07) is 7.65. The highest BCUT2D eigenvalue weighted by Gasteiger charge is 2.12. The number of nitrogens with zero attached hydrogens (tertiary/aromatic N) is 3. The maximum atomic E-state index is 12.1. The molecule has 0 atom stereocenters. The number of fused-ring (bicyclic) bond motifs is 1. The summed E-state index contributed by atoms with van der Waals surface area (Å²) in [6.45, 7) is 0.553. The van der Waals surface area contributed by atoms with Crippen LogP contribution in [-0.2, 0) is 6.54 Å². The molecule has 5 nitrogen and oxygen atoms in total. The van der Waals surface area contributed by atoms with E-state index < -0.39 is 0 Å². The molecule has 6 heteroatoms. The Morgan fingerprint density at radius 3 is 2.95 bits per heavy atom. The van der Waals surface area contributed by atoms with Crippen LogP contribution in [0.15, 0.2) is 36.7 Å². The second kappa shape index (κ2) is 4.81. The molecule has 1 amide bonds. The van der Waals surface area contributed by atoms with E-state index in [1.54, 1.807) is 30.4 Å². The average molecular weight is 272 g/mol. The van der Waals surface area contributed by atoms with Gasteiger partial charge in [0.05, 0.1) is 17.3 Å². The summed E-state index contributed by atoms with van der Waals surface area (Å²) >= 11 is 1.20. The summed E-state index contributed by atoms with van der Waals surface area (Å²) in [6.07, 6.45) is 3.44. The minimum absolute atomic E-state index is 0.00208. The van der Waals surface area contributed by atoms with Crippen molar-refractivity contribution in [3.8, 4) is 0 Å². The van der Waals surface area contributed by atoms with Crippen LogP contribution >= 0.6 is 11.7 Å². The topological polar surface area (TPSA) is 61.9 Å². The molecule has 0 radical (unpaired) electrons. The molecular formula is C13H12N4OS. The van der Waals surface area contributed by atoms with Gasteiger partial charge in [-0.3, -0.25) is 4.79 Å². The largest absolute Gasteiger partial charge is 0.367 e. The van der Waals surface area contributed by atoms with E-state index in [0.29, 0.717) is 12.1 Å². The van der Waals surface area contributed by atoms with Gasteiger partial charge in [0.1, 0.15) is 11.0 Å². The van der Waals surface area contributed by atoms with Gasteiger partial charge >= 0.3 is 0 Å². The van der Waals surface area contributed by atoms with Gasteiger partial charge in [-0.05, 0) is 23.8 Å². The highest BCUT2D eigenvalue weighted by Crippen LogP contribution is 2.15. The third-order valence-corrected chi connectivity index (χ3v) is 3.49. The fraction of sp³-hybridized carbons (Fsp3) is 0.154. The van der Waals surface area contributed by atoms with Gasteiger partial charge in [-0.2, -0.15) is 8.75 Å². The van der Waals surface area contributed by atoms with Crippen molar-refractivity contribution in [3.05, 3.63) is 47.8 Å². The number of aromatic nitrogens is 3. The van der Waals surface area contributed by atoms with Crippen molar-refractivity contribution in [2.45, 2.75) is 6.54 Å². The molecule has 0 aliphatic heterocycles. The first kappa shape index (κ1) is 11.9. The number of aromatic amines is 1. The molecule has 0 aliphatic carbocycles. The van der Waals surface area contributed by atoms with Crippen LogP contribution in [0, 0.1) is 0 Å². The zero-order valence-corrected chi connectivity index (χ0v) is 11.1. The summed E-state index contributed by atoms with van der Waals surface area (Å²) in [5.41, 5.74) is 3.49. The van der Waals surface area contributed by atoms with Crippen LogP contribution in [0.3, 0.4) is 0 Å². The summed E-state index contributed by atoms with van der Waals surface area (Å²) in [4.78, 5) is 16.7. The summed E-state index contributed by atoms with van der Waals surface area (Å²) in [7, 11) is 1.79. The summed E-state index contributed by atoms with van der Waals surface area (Å²) in [5.74, 6) is -0.00208. The van der Waals surface area contributed by atoms with E-state index in [-0.39, 0.29) is 5.91 Å². The molecule has 0 aliphatic rings. The first-order chi connectivity index (χ1) is 9.24. The second-order valence-electron chi connectivity index (χ2n) is 4.35. The minimum atomic E-state index is -0.00208. The Labute approximate surface area is 114 Å². The van der Waals surface area contributed by atoms with Gasteiger partial charge in [0.2, 0.25) is 0 Å². The minimum Gasteiger partial charge on any atom is -0.367 e. The number of hydrogen-bond donors (Lipinski definition) is 1. The number of amides is 1. The number of benzene rings is 1. The zero-order chi connectivity index (χ0) is 13.2. The van der Waals surface area contributed by atoms with Crippen LogP contribution in [0.5, 0.6) is 0 Å². The van der Waals surface area contributed by atoms with Gasteiger partial charge in [0, 0.05) is 26.0 Å². The standard InChI is InChI=1S/C13H12N4OS/c1-17(13(18)10-4-5-14-7-10)8-9-2-3-11-12(6-9)16-19-15-11/h2-7,14H,8H2,1H3. The summed E-state index contributed by atoms with van der Waals surface area (Å²) < 4.78 is 8.36. The SMILES string of the molecule is CN(Cc1ccc2nsnc2c1)C(=O)c1cc[nH]c1. The third kappa shape index (κ3) is 2.34. The van der Waals surface area contributed by atoms with Crippen LogP contribution < -0.4 is 0 Å². The van der Waals surface area contributed by atoms with E-state index in [1.165, 1.54) is 11.7 Å². The molecular weight excluding hydrogens is 260 g/mol. The van der Waals surface area contributed by atoms with Crippen molar-refractivity contribution < 1.29 is 4.79 Å². The lowest BCUT2D eigenvalue weighted by Crippen LogP contribution is -2.25. The van der Waals surface area contributed by atoms with E-state index in [1.807, 2.05) is 18.2 Å². The molecule has 2 heterocycles. The van der Waals surface area contributed by atoms with E-state index in [9.17, 15) is 4.79 Å². The molecule has 96 valence electrons. The maximum absolute atomic E-state index is 12.1. The predicted molar refractivity (Wildman–Crippen MR) is 74.0 cm³/mol. The number of nitrogens with one attached hydrogen (secondary N) is 1. The first-order valence-electron chi connectivity index (χ1n) is 5.83. The molecule has 19 heavy (non-hydrogen) atoms. The van der Waals surface area contributed by atoms with Crippen molar-refractivity contribution in [2.75, 3.05) is 7.05 Å². The Morgan fingerprint density at radius 1 is 1.32 bits per heavy atom. The van der Waals surface area contributed by atoms with Crippen molar-refractivity contribution in [1.82, 2.24) is 18.6 Å². The van der Waals surface area contributed by atoms with Gasteiger partial charge in [0.15, 0.2) is 0 Å². The molecule has 0 fully saturated rings. The first-order valence-corrected chi connectivity index (χ1v) is 6.56. The van der Waals surface area contributed by atoms with Gasteiger partial charge in [-0.15, -0.1) is 0 Å². The molecule has 0 unspecified atom stereocenters. The summed E-state index contributed by atoms with van der Waals surface area (Å²) in [5, 5.41) is 0. The average Bonchev–Trinajstić information content (AvgIpc) is 3.08. The van der Waals surface area contributed by atoms with Crippen molar-refractivity contribution >= 4 is 28.7 Å². The Hall–Kier alpha value is -2.21. The molecule has 1 N–H and O–H groups in total. The quantitative estimate of drug-likeness (QED) is 0.795. The normalized spacial score (nSPS) is 10.8. The van der Waals surface area contributed by atoms with Crippen molar-refractivity contribution in [3.63, 3.8) is 0 Å². The Balaban J connectivity index is 1.78. The third-order valence-electron chi connectivity index (χ3n) is 2.93. The van der Waals surface area contributed by atoms with Crippen LogP contribution in [0.1, 0.15) is 15.9 Å². The Morgan fingerprint density at radius 2 is 2.16 bits per heavy atom. The highest BCUT2D eigenvalue weighted by molar-refractivity contribution is 7.00. The van der Waals surface area contributed by atoms with E-state index in [4.69, 9.17) is 0 Å². The molecule has 0 saturated carbocycles. The Kier molecular flexibility index (Phi) is 3.00. The molecule has 3 aromatic rings. The maximum Gasteiger partial charge on any atom is 0.255 e. The molecule has 0 bridgehead atoms. The number of hydrogen-bond acceptors (Lipinski definition) is 4. The van der Waals surface area contributed by atoms with E-state index in [0.717, 1.165) is 16.6 Å². The number of carbonyl (C=O) groups excluding carboxylic acids is 1. The lowest BCUT2D eigenvalue weighted by atomic mass is 10.2. The lowest BCUT2D eigenvalue weighted by Gasteiger charge is -2.16. The second-order valence-corrected chi connectivity index (χ2v) is 4.88. The predicted octanol–water partition coefficient (Wildman–Crippen LogP) is 2.29. The fourth-order valence-electron chi connectivity index (χ4n) is 1.95. The lowest BCUT2D eigenvalue weighted by molar-refractivity contribution is 0.0785. The monoisotopic (exact) mass is 272 g/mol. The number of H-pyrrole nitrogens is 1. The molecule has 0 spiro atoms. The molecule has 0 saturated heterocycles. The fourth-order valence-corrected chi connectivity index (χ4v) is 2.47. The van der Waals surface area contributed by atoms with Gasteiger partial charge in [0.25, 0.3) is 5.91 Å². The van der Waals surface area contributed by atoms with E-state index >= 15 is 0 Å². The number of carbonyl (C=O) groups is 1. The molecule has 3 rings (SSSR count). The molecule has 1 aromatic carbocycles. The highest BCUT2D eigenvalue weighted by atomic mass is 32.1.